The lowest BCUT2D eigenvalue weighted by molar-refractivity contribution is -0.137. The fourth-order valence-electron chi connectivity index (χ4n) is 1.93. The van der Waals surface area contributed by atoms with Gasteiger partial charge >= 0.3 is 6.18 Å². The van der Waals surface area contributed by atoms with Crippen LogP contribution in [-0.2, 0) is 6.18 Å². The fourth-order valence-corrected chi connectivity index (χ4v) is 2.80. The van der Waals surface area contributed by atoms with E-state index >= 15 is 0 Å². The van der Waals surface area contributed by atoms with Crippen molar-refractivity contribution in [2.45, 2.75) is 19.1 Å². The molecule has 2 nitrogen and oxygen atoms in total. The Morgan fingerprint density at radius 1 is 1.26 bits per heavy atom. The highest BCUT2D eigenvalue weighted by molar-refractivity contribution is 7.08. The number of nitrogens with two attached hydrogens (primary N) is 1. The average molecular weight is 286 g/mol. The molecule has 0 amide bonds. The standard InChI is InChI=1S/C13H13F3N2S/c1-8-6-19-7-11(8)12(18-17)9-3-2-4-10(5-9)13(14,15)16/h2-7,12,18H,17H2,1H3. The summed E-state index contributed by atoms with van der Waals surface area (Å²) in [6.07, 6.45) is -4.35. The molecule has 1 aromatic heterocycles. The highest BCUT2D eigenvalue weighted by Gasteiger charge is 2.31. The number of aryl methyl sites for hydroxylation is 1. The van der Waals surface area contributed by atoms with Crippen molar-refractivity contribution in [3.8, 4) is 0 Å². The first-order valence-corrected chi connectivity index (χ1v) is 6.53. The highest BCUT2D eigenvalue weighted by atomic mass is 32.1. The van der Waals surface area contributed by atoms with Crippen LogP contribution in [0.1, 0.15) is 28.3 Å². The van der Waals surface area contributed by atoms with Gasteiger partial charge in [-0.05, 0) is 46.5 Å². The fraction of sp³-hybridized carbons (Fsp3) is 0.231. The number of hydrazine groups is 1. The Labute approximate surface area is 113 Å². The van der Waals surface area contributed by atoms with E-state index in [9.17, 15) is 13.2 Å². The zero-order valence-corrected chi connectivity index (χ0v) is 11.0. The zero-order valence-electron chi connectivity index (χ0n) is 10.2. The van der Waals surface area contributed by atoms with Gasteiger partial charge in [-0.2, -0.15) is 24.5 Å². The van der Waals surface area contributed by atoms with Gasteiger partial charge in [0, 0.05) is 0 Å². The molecule has 0 aliphatic heterocycles. The second-order valence-corrected chi connectivity index (χ2v) is 4.98. The van der Waals surface area contributed by atoms with Crippen molar-refractivity contribution in [1.29, 1.82) is 0 Å². The third kappa shape index (κ3) is 2.97. The number of halogens is 3. The Morgan fingerprint density at radius 2 is 2.00 bits per heavy atom. The summed E-state index contributed by atoms with van der Waals surface area (Å²) in [7, 11) is 0. The molecule has 1 aromatic carbocycles. The van der Waals surface area contributed by atoms with Crippen LogP contribution in [0.25, 0.3) is 0 Å². The molecule has 1 unspecified atom stereocenters. The first kappa shape index (κ1) is 14.0. The molecule has 2 aromatic rings. The first-order valence-electron chi connectivity index (χ1n) is 5.59. The molecule has 0 spiro atoms. The maximum Gasteiger partial charge on any atom is 0.416 e. The molecule has 102 valence electrons. The van der Waals surface area contributed by atoms with Crippen LogP contribution in [0, 0.1) is 6.92 Å². The van der Waals surface area contributed by atoms with E-state index in [0.29, 0.717) is 5.56 Å². The summed E-state index contributed by atoms with van der Waals surface area (Å²) in [5, 5.41) is 3.83. The van der Waals surface area contributed by atoms with Crippen molar-refractivity contribution in [3.05, 3.63) is 57.3 Å². The molecule has 0 bridgehead atoms. The quantitative estimate of drug-likeness (QED) is 0.668. The average Bonchev–Trinajstić information content (AvgIpc) is 2.76. The van der Waals surface area contributed by atoms with Crippen molar-refractivity contribution in [3.63, 3.8) is 0 Å². The van der Waals surface area contributed by atoms with Gasteiger partial charge in [0.15, 0.2) is 0 Å². The molecule has 1 heterocycles. The summed E-state index contributed by atoms with van der Waals surface area (Å²) in [6, 6.07) is 4.77. The summed E-state index contributed by atoms with van der Waals surface area (Å²) < 4.78 is 38.1. The molecular formula is C13H13F3N2S. The van der Waals surface area contributed by atoms with Crippen LogP contribution in [0.15, 0.2) is 35.0 Å². The second-order valence-electron chi connectivity index (χ2n) is 4.23. The summed E-state index contributed by atoms with van der Waals surface area (Å²) in [4.78, 5) is 0. The van der Waals surface area contributed by atoms with Crippen LogP contribution in [0.5, 0.6) is 0 Å². The molecule has 0 radical (unpaired) electrons. The van der Waals surface area contributed by atoms with Crippen LogP contribution in [0.4, 0.5) is 13.2 Å². The van der Waals surface area contributed by atoms with Gasteiger partial charge in [-0.1, -0.05) is 12.1 Å². The van der Waals surface area contributed by atoms with Gasteiger partial charge in [-0.15, -0.1) is 0 Å². The van der Waals surface area contributed by atoms with Crippen molar-refractivity contribution in [2.24, 2.45) is 5.84 Å². The van der Waals surface area contributed by atoms with Gasteiger partial charge in [0.1, 0.15) is 0 Å². The molecule has 0 saturated heterocycles. The SMILES string of the molecule is Cc1cscc1C(NN)c1cccc(C(F)(F)F)c1. The van der Waals surface area contributed by atoms with Gasteiger partial charge in [0.2, 0.25) is 0 Å². The minimum absolute atomic E-state index is 0.437. The number of nitrogens with one attached hydrogen (secondary N) is 1. The minimum atomic E-state index is -4.35. The molecule has 3 N–H and O–H groups in total. The normalized spacial score (nSPS) is 13.5. The van der Waals surface area contributed by atoms with Crippen LogP contribution in [-0.4, -0.2) is 0 Å². The largest absolute Gasteiger partial charge is 0.416 e. The lowest BCUT2D eigenvalue weighted by atomic mass is 9.97. The van der Waals surface area contributed by atoms with Crippen molar-refractivity contribution >= 4 is 11.3 Å². The number of hydrogen-bond donors (Lipinski definition) is 2. The number of hydrogen-bond acceptors (Lipinski definition) is 3. The number of rotatable bonds is 3. The zero-order chi connectivity index (χ0) is 14.0. The van der Waals surface area contributed by atoms with Gasteiger partial charge in [-0.3, -0.25) is 5.84 Å². The Balaban J connectivity index is 2.42. The van der Waals surface area contributed by atoms with E-state index < -0.39 is 17.8 Å². The molecule has 0 saturated carbocycles. The first-order chi connectivity index (χ1) is 8.93. The molecule has 0 fully saturated rings. The maximum atomic E-state index is 12.7. The van der Waals surface area contributed by atoms with E-state index in [1.54, 1.807) is 6.07 Å². The van der Waals surface area contributed by atoms with E-state index in [2.05, 4.69) is 5.43 Å². The number of benzene rings is 1. The van der Waals surface area contributed by atoms with Crippen molar-refractivity contribution in [2.75, 3.05) is 0 Å². The molecule has 2 rings (SSSR count). The monoisotopic (exact) mass is 286 g/mol. The third-order valence-corrected chi connectivity index (χ3v) is 3.80. The van der Waals surface area contributed by atoms with Crippen molar-refractivity contribution < 1.29 is 13.2 Å². The second kappa shape index (κ2) is 5.32. The Morgan fingerprint density at radius 3 is 2.53 bits per heavy atom. The van der Waals surface area contributed by atoms with Crippen LogP contribution in [0.3, 0.4) is 0 Å². The molecule has 6 heteroatoms. The number of thiophene rings is 1. The summed E-state index contributed by atoms with van der Waals surface area (Å²) in [5.41, 5.74) is 4.31. The molecule has 19 heavy (non-hydrogen) atoms. The number of alkyl halides is 3. The van der Waals surface area contributed by atoms with Crippen LogP contribution >= 0.6 is 11.3 Å². The van der Waals surface area contributed by atoms with Gasteiger partial charge < -0.3 is 0 Å². The van der Waals surface area contributed by atoms with Crippen LogP contribution < -0.4 is 11.3 Å². The summed E-state index contributed by atoms with van der Waals surface area (Å²) in [6.45, 7) is 1.91. The van der Waals surface area contributed by atoms with Gasteiger partial charge in [-0.25, -0.2) is 5.43 Å². The van der Waals surface area contributed by atoms with Crippen molar-refractivity contribution in [1.82, 2.24) is 5.43 Å². The molecule has 0 aliphatic carbocycles. The lowest BCUT2D eigenvalue weighted by Gasteiger charge is -2.18. The Bertz CT molecular complexity index is 563. The predicted molar refractivity (Wildman–Crippen MR) is 69.7 cm³/mol. The van der Waals surface area contributed by atoms with E-state index in [1.165, 1.54) is 17.4 Å². The van der Waals surface area contributed by atoms with E-state index in [1.807, 2.05) is 17.7 Å². The highest BCUT2D eigenvalue weighted by Crippen LogP contribution is 2.33. The van der Waals surface area contributed by atoms with E-state index in [4.69, 9.17) is 5.84 Å². The summed E-state index contributed by atoms with van der Waals surface area (Å²) in [5.74, 6) is 5.50. The predicted octanol–water partition coefficient (Wildman–Crippen LogP) is 3.63. The van der Waals surface area contributed by atoms with E-state index in [0.717, 1.165) is 23.3 Å². The Hall–Kier alpha value is -1.37. The topological polar surface area (TPSA) is 38.0 Å². The molecule has 1 atom stereocenters. The van der Waals surface area contributed by atoms with Gasteiger partial charge in [0.05, 0.1) is 11.6 Å². The summed E-state index contributed by atoms with van der Waals surface area (Å²) >= 11 is 1.50. The minimum Gasteiger partial charge on any atom is -0.271 e. The van der Waals surface area contributed by atoms with Gasteiger partial charge in [0.25, 0.3) is 0 Å². The Kier molecular flexibility index (Phi) is 3.93. The maximum absolute atomic E-state index is 12.7. The van der Waals surface area contributed by atoms with Crippen LogP contribution in [0.2, 0.25) is 0 Å². The third-order valence-electron chi connectivity index (χ3n) is 2.92. The lowest BCUT2D eigenvalue weighted by Crippen LogP contribution is -2.29. The van der Waals surface area contributed by atoms with E-state index in [-0.39, 0.29) is 0 Å². The molecular weight excluding hydrogens is 273 g/mol. The molecule has 0 aliphatic rings. The smallest absolute Gasteiger partial charge is 0.271 e.